The molecule has 0 amide bonds. The minimum atomic E-state index is -0.429. The average molecular weight is 672 g/mol. The maximum Gasteiger partial charge on any atom is 0.143 e. The first-order valence-electron chi connectivity index (χ1n) is 21.1. The van der Waals surface area contributed by atoms with Crippen molar-refractivity contribution in [3.63, 3.8) is 0 Å². The standard InChI is InChI=1S/C50H33NO/c1-3-16-40-34(12-1)14-9-20-41(40)36-26-30-38(31-27-36)51(48-24-7-5-18-45(48)44-22-10-15-35-13-2-4-17-42(35)44)39-32-28-37(29-33-39)43-21-11-23-47-46-19-6-8-25-49(46)52-50(43)47/h1-33H/i26D,27D,28D,29D,30D,31D,32D,33D. The number of furan rings is 1. The van der Waals surface area contributed by atoms with Gasteiger partial charge in [-0.2, -0.15) is 0 Å². The number of rotatable bonds is 6. The van der Waals surface area contributed by atoms with Crippen molar-refractivity contribution in [3.05, 3.63) is 200 Å². The molecule has 0 bridgehead atoms. The Bertz CT molecular complexity index is 3330. The summed E-state index contributed by atoms with van der Waals surface area (Å²) in [4.78, 5) is 1.39. The van der Waals surface area contributed by atoms with E-state index in [1.807, 2.05) is 121 Å². The predicted molar refractivity (Wildman–Crippen MR) is 220 cm³/mol. The van der Waals surface area contributed by atoms with E-state index >= 15 is 0 Å². The fourth-order valence-corrected chi connectivity index (χ4v) is 7.20. The van der Waals surface area contributed by atoms with Crippen molar-refractivity contribution in [1.82, 2.24) is 0 Å². The Morgan fingerprint density at radius 3 is 1.54 bits per heavy atom. The van der Waals surface area contributed by atoms with Gasteiger partial charge in [0.2, 0.25) is 0 Å². The molecule has 0 fully saturated rings. The summed E-state index contributed by atoms with van der Waals surface area (Å²) in [5, 5.41) is 5.14. The second kappa shape index (κ2) is 12.5. The highest BCUT2D eigenvalue weighted by Crippen LogP contribution is 2.44. The van der Waals surface area contributed by atoms with Crippen LogP contribution in [0.3, 0.4) is 0 Å². The van der Waals surface area contributed by atoms with Gasteiger partial charge in [0, 0.05) is 33.3 Å². The number of para-hydroxylation sites is 3. The van der Waals surface area contributed by atoms with Crippen molar-refractivity contribution < 1.29 is 15.4 Å². The molecule has 1 heterocycles. The molecule has 2 nitrogen and oxygen atoms in total. The van der Waals surface area contributed by atoms with Gasteiger partial charge in [-0.05, 0) is 80.1 Å². The highest BCUT2D eigenvalue weighted by Gasteiger charge is 2.19. The Morgan fingerprint density at radius 1 is 0.365 bits per heavy atom. The van der Waals surface area contributed by atoms with E-state index in [0.717, 1.165) is 37.9 Å². The maximum atomic E-state index is 9.71. The Morgan fingerprint density at radius 2 is 0.827 bits per heavy atom. The zero-order chi connectivity index (χ0) is 41.4. The van der Waals surface area contributed by atoms with E-state index in [1.54, 1.807) is 30.3 Å². The predicted octanol–water partition coefficient (Wildman–Crippen LogP) is 14.4. The molecule has 52 heavy (non-hydrogen) atoms. The summed E-state index contributed by atoms with van der Waals surface area (Å²) in [5.41, 5.74) is 3.44. The number of benzene rings is 9. The van der Waals surface area contributed by atoms with Crippen molar-refractivity contribution >= 4 is 60.5 Å². The summed E-state index contributed by atoms with van der Waals surface area (Å²) >= 11 is 0. The summed E-state index contributed by atoms with van der Waals surface area (Å²) in [6, 6.07) is 44.0. The van der Waals surface area contributed by atoms with Crippen LogP contribution < -0.4 is 4.90 Å². The molecule has 0 atom stereocenters. The first-order chi connectivity index (χ1) is 29.2. The van der Waals surface area contributed by atoms with Gasteiger partial charge in [-0.1, -0.05) is 164 Å². The first kappa shape index (κ1) is 22.7. The molecule has 2 heteroatoms. The molecule has 10 aromatic rings. The third-order valence-corrected chi connectivity index (χ3v) is 9.63. The van der Waals surface area contributed by atoms with Gasteiger partial charge in [0.05, 0.1) is 16.7 Å². The van der Waals surface area contributed by atoms with Crippen LogP contribution in [0.5, 0.6) is 0 Å². The van der Waals surface area contributed by atoms with E-state index in [2.05, 4.69) is 0 Å². The molecule has 0 saturated heterocycles. The molecular formula is C50H33NO. The van der Waals surface area contributed by atoms with E-state index in [-0.39, 0.29) is 46.7 Å². The lowest BCUT2D eigenvalue weighted by atomic mass is 9.95. The first-order valence-corrected chi connectivity index (χ1v) is 17.1. The Balaban J connectivity index is 1.28. The lowest BCUT2D eigenvalue weighted by Gasteiger charge is -2.28. The highest BCUT2D eigenvalue weighted by atomic mass is 16.3. The smallest absolute Gasteiger partial charge is 0.143 e. The number of anilines is 3. The number of nitrogens with zero attached hydrogens (tertiary/aromatic N) is 1. The minimum absolute atomic E-state index is 0.0338. The van der Waals surface area contributed by atoms with Gasteiger partial charge < -0.3 is 9.32 Å². The van der Waals surface area contributed by atoms with E-state index in [1.165, 1.54) is 4.90 Å². The molecule has 0 spiro atoms. The van der Waals surface area contributed by atoms with Crippen LogP contribution >= 0.6 is 0 Å². The van der Waals surface area contributed by atoms with Crippen LogP contribution in [0.2, 0.25) is 0 Å². The second-order valence-electron chi connectivity index (χ2n) is 12.6. The van der Waals surface area contributed by atoms with E-state index in [9.17, 15) is 11.0 Å². The maximum absolute atomic E-state index is 9.71. The van der Waals surface area contributed by atoms with Gasteiger partial charge in [-0.3, -0.25) is 0 Å². The SMILES string of the molecule is [2H]c1c([2H])c(N(c2ccccc2-c2cccc3ccccc23)c2c([2H])c([2H])c(-c3cccc4c3oc3ccccc34)c([2H])c2[2H])c([2H])c([2H])c1-c1cccc2ccccc12. The van der Waals surface area contributed by atoms with E-state index in [0.29, 0.717) is 33.5 Å². The summed E-state index contributed by atoms with van der Waals surface area (Å²) in [6.45, 7) is 0. The van der Waals surface area contributed by atoms with Crippen molar-refractivity contribution in [3.8, 4) is 33.4 Å². The van der Waals surface area contributed by atoms with Crippen LogP contribution in [0, 0.1) is 0 Å². The molecule has 0 aliphatic heterocycles. The molecule has 1 aromatic heterocycles. The van der Waals surface area contributed by atoms with Crippen LogP contribution in [0.15, 0.2) is 204 Å². The molecular weight excluding hydrogens is 631 g/mol. The van der Waals surface area contributed by atoms with Crippen molar-refractivity contribution in [2.45, 2.75) is 0 Å². The molecule has 0 unspecified atom stereocenters. The van der Waals surface area contributed by atoms with Crippen LogP contribution in [-0.4, -0.2) is 0 Å². The quantitative estimate of drug-likeness (QED) is 0.175. The summed E-state index contributed by atoms with van der Waals surface area (Å²) in [5.74, 6) is 0. The topological polar surface area (TPSA) is 16.4 Å². The lowest BCUT2D eigenvalue weighted by Crippen LogP contribution is -2.11. The summed E-state index contributed by atoms with van der Waals surface area (Å²) in [6.07, 6.45) is 0. The number of hydrogen-bond acceptors (Lipinski definition) is 2. The monoisotopic (exact) mass is 671 g/mol. The molecule has 0 radical (unpaired) electrons. The third kappa shape index (κ3) is 5.04. The summed E-state index contributed by atoms with van der Waals surface area (Å²) in [7, 11) is 0. The van der Waals surface area contributed by atoms with E-state index in [4.69, 9.17) is 4.42 Å². The van der Waals surface area contributed by atoms with Crippen molar-refractivity contribution in [2.24, 2.45) is 0 Å². The van der Waals surface area contributed by atoms with Crippen LogP contribution in [0.4, 0.5) is 17.1 Å². The third-order valence-electron chi connectivity index (χ3n) is 9.63. The van der Waals surface area contributed by atoms with Crippen LogP contribution in [0.1, 0.15) is 11.0 Å². The minimum Gasteiger partial charge on any atom is -0.455 e. The lowest BCUT2D eigenvalue weighted by molar-refractivity contribution is 0.670. The Labute approximate surface area is 313 Å². The Kier molecular flexibility index (Phi) is 5.45. The highest BCUT2D eigenvalue weighted by molar-refractivity contribution is 6.09. The van der Waals surface area contributed by atoms with Gasteiger partial charge >= 0.3 is 0 Å². The Hall–Kier alpha value is -6.90. The fraction of sp³-hybridized carbons (Fsp3) is 0. The fourth-order valence-electron chi connectivity index (χ4n) is 7.20. The second-order valence-corrected chi connectivity index (χ2v) is 12.6. The zero-order valence-corrected chi connectivity index (χ0v) is 27.8. The largest absolute Gasteiger partial charge is 0.455 e. The zero-order valence-electron chi connectivity index (χ0n) is 35.8. The molecule has 0 aliphatic carbocycles. The van der Waals surface area contributed by atoms with Gasteiger partial charge in [-0.15, -0.1) is 0 Å². The van der Waals surface area contributed by atoms with Crippen LogP contribution in [0.25, 0.3) is 76.9 Å². The molecule has 0 N–H and O–H groups in total. The molecule has 10 rings (SSSR count). The van der Waals surface area contributed by atoms with Gasteiger partial charge in [0.25, 0.3) is 0 Å². The number of fused-ring (bicyclic) bond motifs is 5. The van der Waals surface area contributed by atoms with Crippen molar-refractivity contribution in [1.29, 1.82) is 0 Å². The van der Waals surface area contributed by atoms with Gasteiger partial charge in [0.1, 0.15) is 11.2 Å². The van der Waals surface area contributed by atoms with Crippen molar-refractivity contribution in [2.75, 3.05) is 4.90 Å². The number of hydrogen-bond donors (Lipinski definition) is 0. The molecule has 0 saturated carbocycles. The van der Waals surface area contributed by atoms with E-state index < -0.39 is 24.2 Å². The summed E-state index contributed by atoms with van der Waals surface area (Å²) < 4.78 is 83.1. The van der Waals surface area contributed by atoms with Gasteiger partial charge in [-0.25, -0.2) is 0 Å². The molecule has 9 aromatic carbocycles. The molecule has 244 valence electrons. The normalized spacial score (nSPS) is 13.6. The molecule has 0 aliphatic rings. The average Bonchev–Trinajstić information content (AvgIpc) is 3.67. The van der Waals surface area contributed by atoms with Crippen LogP contribution in [-0.2, 0) is 0 Å². The van der Waals surface area contributed by atoms with Gasteiger partial charge in [0.15, 0.2) is 0 Å².